The maximum Gasteiger partial charge on any atom is 0.324 e. The maximum absolute atomic E-state index is 7.23. The van der Waals surface area contributed by atoms with Gasteiger partial charge in [-0.05, 0) is 23.8 Å². The fraction of sp³-hybridized carbons (Fsp3) is 0. The smallest absolute Gasteiger partial charge is 0.324 e. The molecule has 0 unspecified atom stereocenters. The van der Waals surface area contributed by atoms with Gasteiger partial charge >= 0.3 is 8.60 Å². The Bertz CT molecular complexity index is 580. The van der Waals surface area contributed by atoms with Gasteiger partial charge in [-0.25, -0.2) is 0 Å². The molecular formula is C18H18O3P2. The van der Waals surface area contributed by atoms with Crippen LogP contribution >= 0.6 is 16.5 Å². The summed E-state index contributed by atoms with van der Waals surface area (Å²) in [5.41, 5.74) is 0. The fourth-order valence-corrected chi connectivity index (χ4v) is 4.48. The van der Waals surface area contributed by atoms with E-state index in [0.717, 1.165) is 0 Å². The van der Waals surface area contributed by atoms with E-state index >= 15 is 0 Å². The van der Waals surface area contributed by atoms with Crippen molar-refractivity contribution in [1.29, 1.82) is 0 Å². The van der Waals surface area contributed by atoms with Crippen molar-refractivity contribution < 1.29 is 14.7 Å². The van der Waals surface area contributed by atoms with Gasteiger partial charge in [-0.2, -0.15) is 0 Å². The maximum atomic E-state index is 7.23. The van der Waals surface area contributed by atoms with Crippen molar-refractivity contribution in [1.82, 2.24) is 0 Å². The summed E-state index contributed by atoms with van der Waals surface area (Å²) in [6.45, 7) is 0. The summed E-state index contributed by atoms with van der Waals surface area (Å²) in [4.78, 5) is 21.7. The van der Waals surface area contributed by atoms with Gasteiger partial charge in [-0.1, -0.05) is 91.0 Å². The van der Waals surface area contributed by atoms with Crippen molar-refractivity contribution in [2.75, 3.05) is 0 Å². The van der Waals surface area contributed by atoms with Crippen LogP contribution in [0.1, 0.15) is 0 Å². The Morgan fingerprint density at radius 3 is 0.870 bits per heavy atom. The van der Waals surface area contributed by atoms with Crippen LogP contribution in [0.25, 0.3) is 0 Å². The Balaban J connectivity index is 0.000000433. The highest BCUT2D eigenvalue weighted by atomic mass is 31.2. The minimum Gasteiger partial charge on any atom is -0.328 e. The van der Waals surface area contributed by atoms with E-state index in [-0.39, 0.29) is 0 Å². The Morgan fingerprint density at radius 2 is 0.652 bits per heavy atom. The van der Waals surface area contributed by atoms with Crippen LogP contribution < -0.4 is 15.9 Å². The van der Waals surface area contributed by atoms with Crippen molar-refractivity contribution in [3.8, 4) is 0 Å². The van der Waals surface area contributed by atoms with Gasteiger partial charge in [0.1, 0.15) is 0 Å². The Kier molecular flexibility index (Phi) is 7.35. The second-order valence-corrected chi connectivity index (χ2v) is 7.37. The van der Waals surface area contributed by atoms with Crippen molar-refractivity contribution in [2.45, 2.75) is 0 Å². The monoisotopic (exact) mass is 344 g/mol. The van der Waals surface area contributed by atoms with Gasteiger partial charge in [0.05, 0.1) is 0 Å². The van der Waals surface area contributed by atoms with Gasteiger partial charge in [0.2, 0.25) is 0 Å². The van der Waals surface area contributed by atoms with E-state index < -0.39 is 16.5 Å². The van der Waals surface area contributed by atoms with Gasteiger partial charge in [0.25, 0.3) is 0 Å². The van der Waals surface area contributed by atoms with Crippen LogP contribution in [0, 0.1) is 0 Å². The Labute approximate surface area is 138 Å². The fourth-order valence-electron chi connectivity index (χ4n) is 2.18. The highest BCUT2D eigenvalue weighted by Gasteiger charge is 2.14. The molecule has 5 heteroatoms. The van der Waals surface area contributed by atoms with Crippen molar-refractivity contribution in [2.24, 2.45) is 0 Å². The third-order valence-electron chi connectivity index (χ3n) is 3.04. The summed E-state index contributed by atoms with van der Waals surface area (Å²) >= 11 is 0. The summed E-state index contributed by atoms with van der Waals surface area (Å²) in [5.74, 6) is 0. The highest BCUT2D eigenvalue weighted by molar-refractivity contribution is 7.79. The molecule has 3 aromatic carbocycles. The molecule has 3 N–H and O–H groups in total. The molecule has 3 aromatic rings. The molecule has 0 atom stereocenters. The molecule has 0 aliphatic heterocycles. The molecule has 0 spiro atoms. The lowest BCUT2D eigenvalue weighted by molar-refractivity contribution is 0.368. The second kappa shape index (κ2) is 9.52. The zero-order valence-electron chi connectivity index (χ0n) is 12.4. The average molecular weight is 344 g/mol. The van der Waals surface area contributed by atoms with E-state index in [1.807, 2.05) is 0 Å². The molecule has 118 valence electrons. The van der Waals surface area contributed by atoms with Crippen LogP contribution in [0.15, 0.2) is 91.0 Å². The minimum atomic E-state index is -2.62. The van der Waals surface area contributed by atoms with E-state index in [1.54, 1.807) is 0 Å². The molecule has 0 amide bonds. The lowest BCUT2D eigenvalue weighted by Crippen LogP contribution is -2.20. The van der Waals surface area contributed by atoms with Gasteiger partial charge in [-0.3, -0.25) is 0 Å². The molecular weight excluding hydrogens is 326 g/mol. The van der Waals surface area contributed by atoms with Crippen LogP contribution in [-0.2, 0) is 0 Å². The third-order valence-corrected chi connectivity index (χ3v) is 5.49. The molecule has 3 rings (SSSR count). The van der Waals surface area contributed by atoms with Gasteiger partial charge in [0, 0.05) is 0 Å². The number of rotatable bonds is 3. The summed E-state index contributed by atoms with van der Waals surface area (Å²) in [5, 5.41) is 4.19. The first-order valence-electron chi connectivity index (χ1n) is 7.00. The topological polar surface area (TPSA) is 60.7 Å². The van der Waals surface area contributed by atoms with Crippen LogP contribution in [-0.4, -0.2) is 14.7 Å². The number of hydrogen-bond donors (Lipinski definition) is 3. The summed E-state index contributed by atoms with van der Waals surface area (Å²) in [6, 6.07) is 32.3. The molecule has 0 aliphatic rings. The largest absolute Gasteiger partial charge is 0.328 e. The van der Waals surface area contributed by atoms with Crippen LogP contribution in [0.5, 0.6) is 0 Å². The predicted molar refractivity (Wildman–Crippen MR) is 98.7 cm³/mol. The summed E-state index contributed by atoms with van der Waals surface area (Å²) in [6.07, 6.45) is 0. The second-order valence-electron chi connectivity index (χ2n) is 4.61. The van der Waals surface area contributed by atoms with Gasteiger partial charge in [0.15, 0.2) is 0 Å². The van der Waals surface area contributed by atoms with Crippen LogP contribution in [0.2, 0.25) is 0 Å². The number of benzene rings is 3. The van der Waals surface area contributed by atoms with E-state index in [4.69, 9.17) is 14.7 Å². The van der Waals surface area contributed by atoms with Gasteiger partial charge in [-0.15, -0.1) is 0 Å². The molecule has 0 fully saturated rings. The zero-order chi connectivity index (χ0) is 16.5. The average Bonchev–Trinajstić information content (AvgIpc) is 2.58. The normalized spacial score (nSPS) is 10.3. The minimum absolute atomic E-state index is 0.446. The molecule has 0 bridgehead atoms. The molecule has 0 saturated heterocycles. The molecule has 23 heavy (non-hydrogen) atoms. The molecule has 3 nitrogen and oxygen atoms in total. The number of hydrogen-bond acceptors (Lipinski definition) is 3. The Morgan fingerprint density at radius 1 is 0.435 bits per heavy atom. The SMILES string of the molecule is OP(O)O.c1ccc(P(c2ccccc2)c2ccccc2)cc1. The first-order chi connectivity index (χ1) is 11.2. The van der Waals surface area contributed by atoms with E-state index in [9.17, 15) is 0 Å². The van der Waals surface area contributed by atoms with Crippen molar-refractivity contribution in [3.05, 3.63) is 91.0 Å². The highest BCUT2D eigenvalue weighted by Crippen LogP contribution is 2.32. The first-order valence-corrected chi connectivity index (χ1v) is 9.54. The third kappa shape index (κ3) is 5.84. The van der Waals surface area contributed by atoms with E-state index in [1.165, 1.54) is 15.9 Å². The lowest BCUT2D eigenvalue weighted by Gasteiger charge is -2.18. The molecule has 0 saturated carbocycles. The van der Waals surface area contributed by atoms with E-state index in [2.05, 4.69) is 91.0 Å². The first kappa shape index (κ1) is 17.7. The zero-order valence-corrected chi connectivity index (χ0v) is 14.2. The lowest BCUT2D eigenvalue weighted by atomic mass is 10.4. The van der Waals surface area contributed by atoms with Gasteiger partial charge < -0.3 is 14.7 Å². The van der Waals surface area contributed by atoms with E-state index in [0.29, 0.717) is 0 Å². The van der Waals surface area contributed by atoms with Crippen molar-refractivity contribution in [3.63, 3.8) is 0 Å². The molecule has 0 aliphatic carbocycles. The molecule has 0 heterocycles. The predicted octanol–water partition coefficient (Wildman–Crippen LogP) is 2.64. The summed E-state index contributed by atoms with van der Waals surface area (Å²) in [7, 11) is -3.07. The Hall–Kier alpha value is -1.60. The quantitative estimate of drug-likeness (QED) is 0.640. The van der Waals surface area contributed by atoms with Crippen LogP contribution in [0.4, 0.5) is 0 Å². The molecule has 0 aromatic heterocycles. The standard InChI is InChI=1S/C18H15P.H3O3P/c1-4-10-16(11-5-1)19(17-12-6-2-7-13-17)18-14-8-3-9-15-18;1-4(2)3/h1-15H;1-3H. The summed E-state index contributed by atoms with van der Waals surface area (Å²) < 4.78 is 0. The molecule has 0 radical (unpaired) electrons. The van der Waals surface area contributed by atoms with Crippen molar-refractivity contribution >= 4 is 32.4 Å². The van der Waals surface area contributed by atoms with Crippen LogP contribution in [0.3, 0.4) is 0 Å².